The average molecular weight is 347 g/mol. The van der Waals surface area contributed by atoms with Gasteiger partial charge in [0.25, 0.3) is 0 Å². The minimum absolute atomic E-state index is 0.0323. The first-order chi connectivity index (χ1) is 12.4. The molecule has 1 atom stereocenters. The molecule has 4 rings (SSSR count). The van der Waals surface area contributed by atoms with E-state index in [2.05, 4.69) is 32.5 Å². The summed E-state index contributed by atoms with van der Waals surface area (Å²) in [5, 5.41) is 11.1. The second kappa shape index (κ2) is 7.38. The lowest BCUT2D eigenvalue weighted by atomic mass is 10.1. The first kappa shape index (κ1) is 15.7. The summed E-state index contributed by atoms with van der Waals surface area (Å²) in [6, 6.07) is 20.3. The fraction of sp³-hybridized carbons (Fsp3) is 0.105. The quantitative estimate of drug-likeness (QED) is 0.579. The molecule has 2 aromatic carbocycles. The van der Waals surface area contributed by atoms with Crippen LogP contribution in [0.4, 0.5) is 0 Å². The molecule has 2 heterocycles. The van der Waals surface area contributed by atoms with Crippen LogP contribution in [0.1, 0.15) is 22.4 Å². The van der Waals surface area contributed by atoms with Crippen LogP contribution < -0.4 is 5.32 Å². The van der Waals surface area contributed by atoms with Crippen molar-refractivity contribution in [1.82, 2.24) is 25.1 Å². The molecule has 0 aliphatic rings. The Hall–Kier alpha value is -2.83. The smallest absolute Gasteiger partial charge is 0.164 e. The SMILES string of the molecule is c1ccc(C(NCc2ncn(-c3ccccc3)n2)c2nccs2)cc1. The van der Waals surface area contributed by atoms with Crippen molar-refractivity contribution in [3.63, 3.8) is 0 Å². The van der Waals surface area contributed by atoms with Crippen LogP contribution in [0.15, 0.2) is 78.6 Å². The highest BCUT2D eigenvalue weighted by Gasteiger charge is 2.16. The number of hydrogen-bond donors (Lipinski definition) is 1. The standard InChI is InChI=1S/C19H17N5S/c1-3-7-15(8-4-1)18(19-20-11-12-25-19)21-13-17-22-14-24(23-17)16-9-5-2-6-10-16/h1-12,14,18,21H,13H2. The zero-order valence-corrected chi connectivity index (χ0v) is 14.3. The zero-order chi connectivity index (χ0) is 16.9. The van der Waals surface area contributed by atoms with E-state index in [-0.39, 0.29) is 6.04 Å². The number of rotatable bonds is 6. The summed E-state index contributed by atoms with van der Waals surface area (Å²) in [6.07, 6.45) is 3.58. The molecule has 5 nitrogen and oxygen atoms in total. The lowest BCUT2D eigenvalue weighted by Gasteiger charge is -2.16. The molecule has 0 spiro atoms. The number of nitrogens with zero attached hydrogens (tertiary/aromatic N) is 4. The molecular weight excluding hydrogens is 330 g/mol. The summed E-state index contributed by atoms with van der Waals surface area (Å²) in [4.78, 5) is 8.88. The van der Waals surface area contributed by atoms with E-state index in [1.165, 1.54) is 5.56 Å². The third kappa shape index (κ3) is 3.65. The van der Waals surface area contributed by atoms with Gasteiger partial charge in [-0.1, -0.05) is 48.5 Å². The molecule has 0 amide bonds. The van der Waals surface area contributed by atoms with Crippen molar-refractivity contribution in [1.29, 1.82) is 0 Å². The molecule has 0 fully saturated rings. The molecule has 0 radical (unpaired) electrons. The van der Waals surface area contributed by atoms with Gasteiger partial charge in [-0.3, -0.25) is 5.32 Å². The van der Waals surface area contributed by atoms with Crippen molar-refractivity contribution < 1.29 is 0 Å². The average Bonchev–Trinajstić information content (AvgIpc) is 3.36. The lowest BCUT2D eigenvalue weighted by molar-refractivity contribution is 0.583. The van der Waals surface area contributed by atoms with Crippen LogP contribution in [0.2, 0.25) is 0 Å². The first-order valence-electron chi connectivity index (χ1n) is 8.04. The van der Waals surface area contributed by atoms with Crippen molar-refractivity contribution in [3.8, 4) is 5.69 Å². The van der Waals surface area contributed by atoms with Crippen molar-refractivity contribution in [2.45, 2.75) is 12.6 Å². The Morgan fingerprint density at radius 1 is 0.960 bits per heavy atom. The molecule has 124 valence electrons. The minimum atomic E-state index is 0.0323. The Morgan fingerprint density at radius 3 is 2.44 bits per heavy atom. The molecule has 0 bridgehead atoms. The van der Waals surface area contributed by atoms with E-state index < -0.39 is 0 Å². The third-order valence-electron chi connectivity index (χ3n) is 3.86. The van der Waals surface area contributed by atoms with Crippen LogP contribution in [0.5, 0.6) is 0 Å². The fourth-order valence-electron chi connectivity index (χ4n) is 2.65. The highest BCUT2D eigenvalue weighted by Crippen LogP contribution is 2.23. The summed E-state index contributed by atoms with van der Waals surface area (Å²) < 4.78 is 1.79. The molecule has 6 heteroatoms. The molecule has 0 aliphatic carbocycles. The monoisotopic (exact) mass is 347 g/mol. The molecule has 1 N–H and O–H groups in total. The van der Waals surface area contributed by atoms with Crippen LogP contribution in [0.25, 0.3) is 5.69 Å². The number of hydrogen-bond acceptors (Lipinski definition) is 5. The first-order valence-corrected chi connectivity index (χ1v) is 8.92. The largest absolute Gasteiger partial charge is 0.297 e. The number of nitrogens with one attached hydrogen (secondary N) is 1. The normalized spacial score (nSPS) is 12.2. The van der Waals surface area contributed by atoms with Gasteiger partial charge in [0.1, 0.15) is 11.3 Å². The molecule has 0 saturated carbocycles. The van der Waals surface area contributed by atoms with E-state index in [0.717, 1.165) is 16.5 Å². The Morgan fingerprint density at radius 2 is 1.72 bits per heavy atom. The van der Waals surface area contributed by atoms with E-state index in [1.807, 2.05) is 60.1 Å². The van der Waals surface area contributed by atoms with Crippen LogP contribution in [0.3, 0.4) is 0 Å². The molecule has 0 saturated heterocycles. The Bertz CT molecular complexity index is 903. The van der Waals surface area contributed by atoms with Crippen molar-refractivity contribution >= 4 is 11.3 Å². The van der Waals surface area contributed by atoms with Crippen LogP contribution in [0, 0.1) is 0 Å². The highest BCUT2D eigenvalue weighted by atomic mass is 32.1. The van der Waals surface area contributed by atoms with Crippen LogP contribution in [-0.4, -0.2) is 19.7 Å². The summed E-state index contributed by atoms with van der Waals surface area (Å²) in [5.74, 6) is 0.751. The molecule has 1 unspecified atom stereocenters. The topological polar surface area (TPSA) is 55.6 Å². The molecule has 0 aliphatic heterocycles. The molecule has 25 heavy (non-hydrogen) atoms. The zero-order valence-electron chi connectivity index (χ0n) is 13.5. The van der Waals surface area contributed by atoms with Crippen LogP contribution >= 0.6 is 11.3 Å². The second-order valence-corrected chi connectivity index (χ2v) is 6.46. The molecule has 4 aromatic rings. The minimum Gasteiger partial charge on any atom is -0.297 e. The van der Waals surface area contributed by atoms with Crippen molar-refractivity contribution in [3.05, 3.63) is 95.0 Å². The molecule has 2 aromatic heterocycles. The Labute approximate surface area is 150 Å². The van der Waals surface area contributed by atoms with Gasteiger partial charge in [-0.05, 0) is 17.7 Å². The van der Waals surface area contributed by atoms with Gasteiger partial charge in [-0.2, -0.15) is 0 Å². The van der Waals surface area contributed by atoms with Gasteiger partial charge in [0.15, 0.2) is 5.82 Å². The predicted octanol–water partition coefficient (Wildman–Crippen LogP) is 3.60. The Balaban J connectivity index is 1.51. The van der Waals surface area contributed by atoms with Gasteiger partial charge in [-0.15, -0.1) is 16.4 Å². The highest BCUT2D eigenvalue weighted by molar-refractivity contribution is 7.09. The van der Waals surface area contributed by atoms with E-state index in [1.54, 1.807) is 22.3 Å². The number of para-hydroxylation sites is 1. The van der Waals surface area contributed by atoms with Gasteiger partial charge < -0.3 is 0 Å². The van der Waals surface area contributed by atoms with Gasteiger partial charge in [0, 0.05) is 11.6 Å². The maximum absolute atomic E-state index is 4.55. The fourth-order valence-corrected chi connectivity index (χ4v) is 3.39. The van der Waals surface area contributed by atoms with E-state index in [4.69, 9.17) is 0 Å². The Kier molecular flexibility index (Phi) is 4.63. The van der Waals surface area contributed by atoms with Crippen molar-refractivity contribution in [2.75, 3.05) is 0 Å². The summed E-state index contributed by atoms with van der Waals surface area (Å²) in [6.45, 7) is 0.568. The summed E-state index contributed by atoms with van der Waals surface area (Å²) in [7, 11) is 0. The van der Waals surface area contributed by atoms with Gasteiger partial charge >= 0.3 is 0 Å². The number of thiazole rings is 1. The van der Waals surface area contributed by atoms with E-state index >= 15 is 0 Å². The predicted molar refractivity (Wildman–Crippen MR) is 98.6 cm³/mol. The van der Waals surface area contributed by atoms with Gasteiger partial charge in [0.05, 0.1) is 18.3 Å². The molecular formula is C19H17N5S. The number of benzene rings is 2. The maximum atomic E-state index is 4.55. The summed E-state index contributed by atoms with van der Waals surface area (Å²) in [5.41, 5.74) is 2.18. The second-order valence-electron chi connectivity index (χ2n) is 5.54. The third-order valence-corrected chi connectivity index (χ3v) is 4.70. The van der Waals surface area contributed by atoms with Gasteiger partial charge in [-0.25, -0.2) is 14.6 Å². The maximum Gasteiger partial charge on any atom is 0.164 e. The summed E-state index contributed by atoms with van der Waals surface area (Å²) >= 11 is 1.64. The van der Waals surface area contributed by atoms with Gasteiger partial charge in [0.2, 0.25) is 0 Å². The number of aromatic nitrogens is 4. The van der Waals surface area contributed by atoms with Crippen LogP contribution in [-0.2, 0) is 6.54 Å². The van der Waals surface area contributed by atoms with E-state index in [0.29, 0.717) is 6.54 Å². The lowest BCUT2D eigenvalue weighted by Crippen LogP contribution is -2.22. The van der Waals surface area contributed by atoms with E-state index in [9.17, 15) is 0 Å². The van der Waals surface area contributed by atoms with Crippen molar-refractivity contribution in [2.24, 2.45) is 0 Å².